The lowest BCUT2D eigenvalue weighted by Gasteiger charge is -2.37. The molecule has 1 aromatic rings. The van der Waals surface area contributed by atoms with Gasteiger partial charge in [0.05, 0.1) is 48.8 Å². The molecule has 0 radical (unpaired) electrons. The van der Waals surface area contributed by atoms with Crippen molar-refractivity contribution < 1.29 is 57.5 Å². The van der Waals surface area contributed by atoms with Crippen LogP contribution >= 0.6 is 0 Å². The van der Waals surface area contributed by atoms with Crippen molar-refractivity contribution in [2.45, 2.75) is 194 Å². The predicted molar refractivity (Wildman–Crippen MR) is 321 cm³/mol. The van der Waals surface area contributed by atoms with Gasteiger partial charge in [0.15, 0.2) is 5.78 Å². The van der Waals surface area contributed by atoms with Gasteiger partial charge in [0.25, 0.3) is 17.7 Å². The molecule has 2 N–H and O–H groups in total. The van der Waals surface area contributed by atoms with Crippen LogP contribution in [0.2, 0.25) is 0 Å². The first-order valence-corrected chi connectivity index (χ1v) is 31.4. The van der Waals surface area contributed by atoms with Crippen LogP contribution in [0.5, 0.6) is 0 Å². The zero-order valence-corrected chi connectivity index (χ0v) is 52.9. The Morgan fingerprint density at radius 2 is 1.50 bits per heavy atom. The minimum Gasteiger partial charge on any atom is -0.381 e. The normalized spacial score (nSPS) is 21.7. The monoisotopic (exact) mass is 1170 g/mol. The van der Waals surface area contributed by atoms with Gasteiger partial charge in [0.1, 0.15) is 5.78 Å². The molecule has 0 bridgehead atoms. The van der Waals surface area contributed by atoms with Crippen LogP contribution in [0.3, 0.4) is 0 Å². The topological polar surface area (TPSA) is 222 Å². The molecule has 470 valence electrons. The van der Waals surface area contributed by atoms with Gasteiger partial charge in [-0.25, -0.2) is 5.06 Å². The lowest BCUT2D eigenvalue weighted by molar-refractivity contribution is -0.203. The van der Waals surface area contributed by atoms with Crippen LogP contribution in [0.25, 0.3) is 0 Å². The first-order chi connectivity index (χ1) is 40.0. The molecule has 5 rings (SSSR count). The van der Waals surface area contributed by atoms with E-state index >= 15 is 0 Å². The SMILES string of the molecule is CCC(C)C(CC(C)CC(=O)C(NC(=O)C(C(C)C)N(C)CCCC(=O)N(C)CCNC(=O)CCCN1C(=O)C=CC1=O)C(C)C)C(CC(=O)N1CCCC1C(OC)C(C)C(=O)CCCC1(C(=O)N2CCCCO2)CC1c1ccccc1)OC. The maximum Gasteiger partial charge on any atom is 0.253 e. The van der Waals surface area contributed by atoms with Gasteiger partial charge in [0.2, 0.25) is 23.6 Å². The number of imide groups is 1. The van der Waals surface area contributed by atoms with E-state index in [-0.39, 0.29) is 133 Å². The van der Waals surface area contributed by atoms with Crippen molar-refractivity contribution in [2.75, 3.05) is 74.2 Å². The molecule has 19 nitrogen and oxygen atoms in total. The maximum absolute atomic E-state index is 14.5. The van der Waals surface area contributed by atoms with Crippen LogP contribution in [0, 0.1) is 40.9 Å². The Kier molecular flexibility index (Phi) is 27.7. The summed E-state index contributed by atoms with van der Waals surface area (Å²) in [4.78, 5) is 132. The van der Waals surface area contributed by atoms with Crippen molar-refractivity contribution in [2.24, 2.45) is 40.9 Å². The fourth-order valence-electron chi connectivity index (χ4n) is 13.3. The summed E-state index contributed by atoms with van der Waals surface area (Å²) in [5.74, 6) is -1.98. The third-order valence-corrected chi connectivity index (χ3v) is 18.5. The van der Waals surface area contributed by atoms with Crippen molar-refractivity contribution >= 4 is 52.9 Å². The number of hydroxylamine groups is 2. The smallest absolute Gasteiger partial charge is 0.253 e. The number of nitrogens with one attached hydrogen (secondary N) is 2. The summed E-state index contributed by atoms with van der Waals surface area (Å²) in [5.41, 5.74) is 0.544. The zero-order chi connectivity index (χ0) is 61.8. The summed E-state index contributed by atoms with van der Waals surface area (Å²) in [6, 6.07) is 8.59. The standard InChI is InChI=1S/C65H103N7O12/c1-13-46(7)49(39-45(6)40-53(74)60(43(2)3)67-63(80)61(44(4)5)69(10)33-22-28-56(76)68(9)37-32-66-55(75)27-21-35-71-57(77)29-30-58(71)78)54(82-11)41-59(79)70-34-20-25-51(70)62(83-12)47(8)52(73)26-19-31-65(64(81)72-36-17-18-38-84-72)42-50(65)48-23-15-14-16-24-48/h14-16,23-24,29-30,43-47,49-51,54,60-62H,13,17-22,25-28,31-42H2,1-12H3,(H,66,75)(H,67,80). The van der Waals surface area contributed by atoms with Crippen LogP contribution in [0.15, 0.2) is 42.5 Å². The molecule has 84 heavy (non-hydrogen) atoms. The summed E-state index contributed by atoms with van der Waals surface area (Å²) < 4.78 is 12.3. The molecular formula is C65H103N7O12. The predicted octanol–water partition coefficient (Wildman–Crippen LogP) is 7.31. The average molecular weight is 1170 g/mol. The number of hydrogen-bond acceptors (Lipinski definition) is 13. The molecule has 0 spiro atoms. The van der Waals surface area contributed by atoms with E-state index in [4.69, 9.17) is 14.3 Å². The number of rotatable bonds is 37. The van der Waals surface area contributed by atoms with Gasteiger partial charge in [-0.05, 0) is 119 Å². The number of nitrogens with zero attached hydrogens (tertiary/aromatic N) is 5. The molecule has 19 heteroatoms. The van der Waals surface area contributed by atoms with E-state index < -0.39 is 35.6 Å². The summed E-state index contributed by atoms with van der Waals surface area (Å²) in [6.45, 7) is 18.9. The first kappa shape index (κ1) is 69.4. The van der Waals surface area contributed by atoms with Gasteiger partial charge in [-0.3, -0.25) is 57.8 Å². The molecule has 4 aliphatic rings. The van der Waals surface area contributed by atoms with Crippen molar-refractivity contribution in [3.8, 4) is 0 Å². The number of carbonyl (C=O) groups excluding carboxylic acids is 9. The number of ether oxygens (including phenoxy) is 2. The Labute approximate surface area is 501 Å². The fraction of sp³-hybridized carbons (Fsp3) is 0.738. The van der Waals surface area contributed by atoms with E-state index in [0.29, 0.717) is 77.7 Å². The molecule has 1 saturated carbocycles. The number of hydrogen-bond donors (Lipinski definition) is 2. The lowest BCUT2D eigenvalue weighted by Crippen LogP contribution is -2.54. The van der Waals surface area contributed by atoms with Crippen LogP contribution in [0.1, 0.15) is 170 Å². The Bertz CT molecular complexity index is 2380. The Morgan fingerprint density at radius 3 is 2.12 bits per heavy atom. The first-order valence-electron chi connectivity index (χ1n) is 31.4. The largest absolute Gasteiger partial charge is 0.381 e. The second-order valence-electron chi connectivity index (χ2n) is 25.3. The molecule has 1 aliphatic carbocycles. The highest BCUT2D eigenvalue weighted by Crippen LogP contribution is 2.63. The maximum atomic E-state index is 14.5. The van der Waals surface area contributed by atoms with E-state index in [0.717, 1.165) is 42.6 Å². The number of amides is 7. The molecule has 0 aromatic heterocycles. The molecule has 11 atom stereocenters. The Morgan fingerprint density at radius 1 is 0.798 bits per heavy atom. The number of ketones is 2. The van der Waals surface area contributed by atoms with Gasteiger partial charge < -0.3 is 29.9 Å². The highest BCUT2D eigenvalue weighted by atomic mass is 16.7. The van der Waals surface area contributed by atoms with Crippen LogP contribution < -0.4 is 10.6 Å². The van der Waals surface area contributed by atoms with Crippen molar-refractivity contribution in [1.82, 2.24) is 35.3 Å². The molecule has 3 fully saturated rings. The van der Waals surface area contributed by atoms with Crippen LogP contribution in [-0.4, -0.2) is 182 Å². The van der Waals surface area contributed by atoms with E-state index in [1.54, 1.807) is 31.2 Å². The number of Topliss-reactive ketones (excluding diaryl/α,β-unsaturated/α-hetero) is 2. The third kappa shape index (κ3) is 19.1. The average Bonchev–Trinajstić information content (AvgIpc) is 1.86. The van der Waals surface area contributed by atoms with Crippen molar-refractivity contribution in [3.63, 3.8) is 0 Å². The highest BCUT2D eigenvalue weighted by Gasteiger charge is 2.61. The highest BCUT2D eigenvalue weighted by molar-refractivity contribution is 6.12. The molecule has 3 aliphatic heterocycles. The Balaban J connectivity index is 1.10. The summed E-state index contributed by atoms with van der Waals surface area (Å²) in [5, 5.41) is 7.47. The minimum absolute atomic E-state index is 0.0224. The van der Waals surface area contributed by atoms with E-state index in [1.165, 1.54) is 12.2 Å². The van der Waals surface area contributed by atoms with Crippen LogP contribution in [0.4, 0.5) is 0 Å². The number of benzene rings is 1. The van der Waals surface area contributed by atoms with Crippen LogP contribution in [-0.2, 0) is 57.5 Å². The summed E-state index contributed by atoms with van der Waals surface area (Å²) in [7, 11) is 6.79. The van der Waals surface area contributed by atoms with Gasteiger partial charge in [0, 0.05) is 97.7 Å². The van der Waals surface area contributed by atoms with Crippen molar-refractivity contribution in [1.29, 1.82) is 0 Å². The number of likely N-dealkylation sites (N-methyl/N-ethyl adjacent to an activating group) is 2. The zero-order valence-electron chi connectivity index (χ0n) is 52.9. The van der Waals surface area contributed by atoms with Crippen molar-refractivity contribution in [3.05, 3.63) is 48.0 Å². The number of carbonyl (C=O) groups is 9. The molecular weight excluding hydrogens is 1070 g/mol. The minimum atomic E-state index is -0.719. The quantitative estimate of drug-likeness (QED) is 0.0625. The summed E-state index contributed by atoms with van der Waals surface area (Å²) in [6.07, 6.45) is 10.1. The van der Waals surface area contributed by atoms with E-state index in [1.807, 2.05) is 69.7 Å². The lowest BCUT2D eigenvalue weighted by atomic mass is 9.77. The number of methoxy groups -OCH3 is 2. The van der Waals surface area contributed by atoms with Gasteiger partial charge >= 0.3 is 0 Å². The Hall–Kier alpha value is -5.37. The second kappa shape index (κ2) is 33.5. The van der Waals surface area contributed by atoms with E-state index in [9.17, 15) is 43.2 Å². The molecule has 7 amide bonds. The van der Waals surface area contributed by atoms with Gasteiger partial charge in [-0.15, -0.1) is 0 Å². The molecule has 2 saturated heterocycles. The second-order valence-corrected chi connectivity index (χ2v) is 25.3. The third-order valence-electron chi connectivity index (χ3n) is 18.5. The molecule has 1 aromatic carbocycles. The fourth-order valence-corrected chi connectivity index (χ4v) is 13.3. The van der Waals surface area contributed by atoms with E-state index in [2.05, 4.69) is 43.5 Å². The number of likely N-dealkylation sites (tertiary alicyclic amines) is 1. The summed E-state index contributed by atoms with van der Waals surface area (Å²) >= 11 is 0. The molecule has 11 unspecified atom stereocenters. The van der Waals surface area contributed by atoms with Gasteiger partial charge in [-0.1, -0.05) is 92.1 Å². The molecule has 3 heterocycles. The van der Waals surface area contributed by atoms with Gasteiger partial charge in [-0.2, -0.15) is 0 Å².